The SMILES string of the molecule is CCCC(C)(C)OCCC(C)(C)NC(=O)COCC(=O)O. The number of carboxylic acids is 1. The minimum absolute atomic E-state index is 0.153. The van der Waals surface area contributed by atoms with E-state index in [1.165, 1.54) is 0 Å². The Morgan fingerprint density at radius 2 is 1.71 bits per heavy atom. The number of carbonyl (C=O) groups excluding carboxylic acids is 1. The van der Waals surface area contributed by atoms with E-state index in [0.29, 0.717) is 13.0 Å². The first-order valence-electron chi connectivity index (χ1n) is 7.32. The second-order valence-electron chi connectivity index (χ2n) is 6.43. The zero-order valence-corrected chi connectivity index (χ0v) is 13.8. The number of ether oxygens (including phenoxy) is 2. The van der Waals surface area contributed by atoms with Gasteiger partial charge in [0.25, 0.3) is 0 Å². The summed E-state index contributed by atoms with van der Waals surface area (Å²) in [5.41, 5.74) is -0.578. The van der Waals surface area contributed by atoms with Crippen LogP contribution in [0.3, 0.4) is 0 Å². The zero-order chi connectivity index (χ0) is 16.5. The molecule has 0 bridgehead atoms. The largest absolute Gasteiger partial charge is 0.480 e. The van der Waals surface area contributed by atoms with E-state index in [0.717, 1.165) is 12.8 Å². The topological polar surface area (TPSA) is 84.9 Å². The van der Waals surface area contributed by atoms with Crippen LogP contribution in [-0.4, -0.2) is 47.9 Å². The zero-order valence-electron chi connectivity index (χ0n) is 13.8. The van der Waals surface area contributed by atoms with Crippen molar-refractivity contribution in [2.24, 2.45) is 0 Å². The molecule has 0 unspecified atom stereocenters. The highest BCUT2D eigenvalue weighted by atomic mass is 16.5. The van der Waals surface area contributed by atoms with Gasteiger partial charge in [-0.3, -0.25) is 4.79 Å². The number of carbonyl (C=O) groups is 2. The maximum atomic E-state index is 11.6. The maximum Gasteiger partial charge on any atom is 0.329 e. The van der Waals surface area contributed by atoms with Gasteiger partial charge >= 0.3 is 5.97 Å². The number of hydrogen-bond acceptors (Lipinski definition) is 4. The third-order valence-electron chi connectivity index (χ3n) is 3.01. The molecule has 0 radical (unpaired) electrons. The van der Waals surface area contributed by atoms with Gasteiger partial charge in [0.15, 0.2) is 0 Å². The van der Waals surface area contributed by atoms with Crippen LogP contribution >= 0.6 is 0 Å². The van der Waals surface area contributed by atoms with Crippen LogP contribution in [-0.2, 0) is 19.1 Å². The molecule has 0 aliphatic rings. The minimum Gasteiger partial charge on any atom is -0.480 e. The summed E-state index contributed by atoms with van der Waals surface area (Å²) in [5.74, 6) is -1.41. The van der Waals surface area contributed by atoms with Crippen LogP contribution in [0.1, 0.15) is 53.9 Å². The highest BCUT2D eigenvalue weighted by Crippen LogP contribution is 2.18. The van der Waals surface area contributed by atoms with E-state index in [9.17, 15) is 9.59 Å². The van der Waals surface area contributed by atoms with E-state index in [4.69, 9.17) is 14.6 Å². The molecule has 0 fully saturated rings. The Labute approximate surface area is 127 Å². The van der Waals surface area contributed by atoms with Crippen molar-refractivity contribution in [3.8, 4) is 0 Å². The summed E-state index contributed by atoms with van der Waals surface area (Å²) in [7, 11) is 0. The van der Waals surface area contributed by atoms with Gasteiger partial charge in [0.05, 0.1) is 5.60 Å². The van der Waals surface area contributed by atoms with Crippen molar-refractivity contribution in [3.05, 3.63) is 0 Å². The lowest BCUT2D eigenvalue weighted by Crippen LogP contribution is -2.46. The summed E-state index contributed by atoms with van der Waals surface area (Å²) in [6.07, 6.45) is 2.72. The van der Waals surface area contributed by atoms with Crippen molar-refractivity contribution < 1.29 is 24.2 Å². The van der Waals surface area contributed by atoms with Gasteiger partial charge < -0.3 is 19.9 Å². The van der Waals surface area contributed by atoms with Gasteiger partial charge in [0, 0.05) is 12.1 Å². The molecule has 1 amide bonds. The van der Waals surface area contributed by atoms with Crippen LogP contribution in [0.5, 0.6) is 0 Å². The normalized spacial score (nSPS) is 12.2. The van der Waals surface area contributed by atoms with Gasteiger partial charge in [0.2, 0.25) is 5.91 Å². The molecule has 0 aromatic carbocycles. The summed E-state index contributed by atoms with van der Waals surface area (Å²) in [6, 6.07) is 0. The first-order valence-corrected chi connectivity index (χ1v) is 7.32. The Morgan fingerprint density at radius 1 is 1.10 bits per heavy atom. The first kappa shape index (κ1) is 19.9. The van der Waals surface area contributed by atoms with E-state index in [-0.39, 0.29) is 18.1 Å². The Bertz CT molecular complexity index is 339. The Morgan fingerprint density at radius 3 is 2.24 bits per heavy atom. The fourth-order valence-electron chi connectivity index (χ4n) is 1.96. The molecule has 2 N–H and O–H groups in total. The van der Waals surface area contributed by atoms with Crippen molar-refractivity contribution in [1.29, 1.82) is 0 Å². The lowest BCUT2D eigenvalue weighted by molar-refractivity contribution is -0.143. The molecule has 0 rings (SSSR count). The number of amides is 1. The predicted octanol–water partition coefficient (Wildman–Crippen LogP) is 1.97. The third-order valence-corrected chi connectivity index (χ3v) is 3.01. The number of nitrogens with one attached hydrogen (secondary N) is 1. The number of aliphatic carboxylic acids is 1. The standard InChI is InChI=1S/C15H29NO5/c1-6-7-15(4,5)21-9-8-14(2,3)16-12(17)10-20-11-13(18)19/h6-11H2,1-5H3,(H,16,17)(H,18,19). The van der Waals surface area contributed by atoms with E-state index in [2.05, 4.69) is 26.1 Å². The fourth-order valence-corrected chi connectivity index (χ4v) is 1.96. The van der Waals surface area contributed by atoms with Crippen molar-refractivity contribution in [1.82, 2.24) is 5.32 Å². The van der Waals surface area contributed by atoms with Crippen molar-refractivity contribution in [2.75, 3.05) is 19.8 Å². The molecular weight excluding hydrogens is 274 g/mol. The van der Waals surface area contributed by atoms with Crippen molar-refractivity contribution in [3.63, 3.8) is 0 Å². The average Bonchev–Trinajstić information content (AvgIpc) is 2.26. The van der Waals surface area contributed by atoms with Gasteiger partial charge in [0.1, 0.15) is 13.2 Å². The molecule has 6 heteroatoms. The van der Waals surface area contributed by atoms with Gasteiger partial charge in [-0.1, -0.05) is 13.3 Å². The van der Waals surface area contributed by atoms with Gasteiger partial charge in [-0.2, -0.15) is 0 Å². The summed E-state index contributed by atoms with van der Waals surface area (Å²) in [5, 5.41) is 11.2. The van der Waals surface area contributed by atoms with Crippen LogP contribution in [0, 0.1) is 0 Å². The van der Waals surface area contributed by atoms with Crippen LogP contribution in [0.25, 0.3) is 0 Å². The molecule has 0 spiro atoms. The van der Waals surface area contributed by atoms with E-state index < -0.39 is 18.1 Å². The molecule has 0 atom stereocenters. The molecule has 21 heavy (non-hydrogen) atoms. The first-order chi connectivity index (χ1) is 9.58. The Balaban J connectivity index is 4.02. The van der Waals surface area contributed by atoms with Crippen LogP contribution < -0.4 is 5.32 Å². The summed E-state index contributed by atoms with van der Waals surface area (Å²) < 4.78 is 10.6. The molecule has 0 saturated carbocycles. The average molecular weight is 303 g/mol. The molecule has 124 valence electrons. The fraction of sp³-hybridized carbons (Fsp3) is 0.867. The van der Waals surface area contributed by atoms with Gasteiger partial charge in [-0.15, -0.1) is 0 Å². The Hall–Kier alpha value is -1.14. The molecular formula is C15H29NO5. The number of rotatable bonds is 11. The molecule has 0 saturated heterocycles. The lowest BCUT2D eigenvalue weighted by atomic mass is 10.00. The second kappa shape index (κ2) is 9.00. The monoisotopic (exact) mass is 303 g/mol. The van der Waals surface area contributed by atoms with Gasteiger partial charge in [-0.25, -0.2) is 4.79 Å². The van der Waals surface area contributed by atoms with Gasteiger partial charge in [-0.05, 0) is 40.5 Å². The minimum atomic E-state index is -1.09. The smallest absolute Gasteiger partial charge is 0.329 e. The van der Waals surface area contributed by atoms with Crippen molar-refractivity contribution >= 4 is 11.9 Å². The molecule has 0 aromatic rings. The maximum absolute atomic E-state index is 11.6. The summed E-state index contributed by atoms with van der Waals surface area (Å²) >= 11 is 0. The van der Waals surface area contributed by atoms with Crippen LogP contribution in [0.4, 0.5) is 0 Å². The summed E-state index contributed by atoms with van der Waals surface area (Å²) in [4.78, 5) is 21.9. The van der Waals surface area contributed by atoms with Crippen LogP contribution in [0.15, 0.2) is 0 Å². The van der Waals surface area contributed by atoms with E-state index >= 15 is 0 Å². The van der Waals surface area contributed by atoms with Crippen LogP contribution in [0.2, 0.25) is 0 Å². The van der Waals surface area contributed by atoms with Crippen molar-refractivity contribution in [2.45, 2.75) is 65.0 Å². The quantitative estimate of drug-likeness (QED) is 0.609. The van der Waals surface area contributed by atoms with E-state index in [1.807, 2.05) is 13.8 Å². The highest BCUT2D eigenvalue weighted by molar-refractivity contribution is 5.78. The number of hydrogen-bond donors (Lipinski definition) is 2. The second-order valence-corrected chi connectivity index (χ2v) is 6.43. The van der Waals surface area contributed by atoms with E-state index in [1.54, 1.807) is 0 Å². The molecule has 0 aromatic heterocycles. The Kier molecular flexibility index (Phi) is 8.51. The molecule has 0 heterocycles. The lowest BCUT2D eigenvalue weighted by Gasteiger charge is -2.30. The highest BCUT2D eigenvalue weighted by Gasteiger charge is 2.23. The molecule has 0 aliphatic carbocycles. The third kappa shape index (κ3) is 11.2. The predicted molar refractivity (Wildman–Crippen MR) is 80.2 cm³/mol. The number of carboxylic acid groups (broad SMARTS) is 1. The summed E-state index contributed by atoms with van der Waals surface area (Å²) in [6.45, 7) is 9.86. The molecule has 0 aliphatic heterocycles. The molecule has 6 nitrogen and oxygen atoms in total.